The van der Waals surface area contributed by atoms with Gasteiger partial charge in [0.1, 0.15) is 22.8 Å². The molecule has 1 N–H and O–H groups in total. The molecule has 2 rings (SSSR count). The van der Waals surface area contributed by atoms with E-state index in [1.165, 1.54) is 20.3 Å². The van der Waals surface area contributed by atoms with Crippen molar-refractivity contribution in [3.05, 3.63) is 59.1 Å². The van der Waals surface area contributed by atoms with Gasteiger partial charge in [-0.25, -0.2) is 4.79 Å². The van der Waals surface area contributed by atoms with Gasteiger partial charge < -0.3 is 19.2 Å². The molecule has 0 bridgehead atoms. The predicted octanol–water partition coefficient (Wildman–Crippen LogP) is 2.71. The first-order chi connectivity index (χ1) is 11.5. The average molecular weight is 329 g/mol. The number of aryl methyl sites for hydroxylation is 1. The topological polar surface area (TPSA) is 77.8 Å². The van der Waals surface area contributed by atoms with Crippen LogP contribution in [0.5, 0.6) is 5.75 Å². The lowest BCUT2D eigenvalue weighted by Gasteiger charge is -2.09. The molecule has 0 aliphatic heterocycles. The van der Waals surface area contributed by atoms with E-state index in [1.807, 2.05) is 13.0 Å². The number of esters is 1. The van der Waals surface area contributed by atoms with E-state index in [9.17, 15) is 9.59 Å². The van der Waals surface area contributed by atoms with Crippen LogP contribution in [0.4, 0.5) is 0 Å². The van der Waals surface area contributed by atoms with E-state index >= 15 is 0 Å². The molecule has 126 valence electrons. The van der Waals surface area contributed by atoms with E-state index in [2.05, 4.69) is 5.32 Å². The van der Waals surface area contributed by atoms with Crippen molar-refractivity contribution in [1.29, 1.82) is 0 Å². The number of hydrogen-bond donors (Lipinski definition) is 1. The maximum absolute atomic E-state index is 11.8. The van der Waals surface area contributed by atoms with Gasteiger partial charge in [0, 0.05) is 12.6 Å². The van der Waals surface area contributed by atoms with E-state index in [0.29, 0.717) is 17.1 Å². The average Bonchev–Trinajstić information content (AvgIpc) is 3.02. The Morgan fingerprint density at radius 2 is 2.00 bits per heavy atom. The molecule has 24 heavy (non-hydrogen) atoms. The van der Waals surface area contributed by atoms with E-state index < -0.39 is 5.97 Å². The van der Waals surface area contributed by atoms with Crippen LogP contribution < -0.4 is 10.1 Å². The fourth-order valence-electron chi connectivity index (χ4n) is 2.08. The number of amides is 1. The van der Waals surface area contributed by atoms with Gasteiger partial charge in [0.2, 0.25) is 5.91 Å². The molecule has 0 atom stereocenters. The highest BCUT2D eigenvalue weighted by Gasteiger charge is 2.13. The minimum atomic E-state index is -0.492. The monoisotopic (exact) mass is 329 g/mol. The molecular formula is C18H19NO5. The quantitative estimate of drug-likeness (QED) is 0.651. The van der Waals surface area contributed by atoms with Crippen molar-refractivity contribution in [2.75, 3.05) is 14.2 Å². The molecule has 2 aromatic rings. The first-order valence-corrected chi connectivity index (χ1v) is 7.31. The SMILES string of the molecule is COC(=O)c1cc(CNC(=O)/C=C/c2ccc(C)o2)ccc1OC. The van der Waals surface area contributed by atoms with Crippen LogP contribution in [0.25, 0.3) is 6.08 Å². The second kappa shape index (κ2) is 8.01. The Morgan fingerprint density at radius 3 is 2.62 bits per heavy atom. The molecule has 0 saturated heterocycles. The fraction of sp³-hybridized carbons (Fsp3) is 0.222. The number of carbonyl (C=O) groups is 2. The van der Waals surface area contributed by atoms with Gasteiger partial charge in [0.05, 0.1) is 14.2 Å². The lowest BCUT2D eigenvalue weighted by molar-refractivity contribution is -0.116. The first kappa shape index (κ1) is 17.3. The van der Waals surface area contributed by atoms with Gasteiger partial charge in [-0.15, -0.1) is 0 Å². The van der Waals surface area contributed by atoms with Gasteiger partial charge in [0.15, 0.2) is 0 Å². The summed E-state index contributed by atoms with van der Waals surface area (Å²) < 4.78 is 15.2. The van der Waals surface area contributed by atoms with E-state index in [0.717, 1.165) is 11.3 Å². The second-order valence-corrected chi connectivity index (χ2v) is 5.03. The number of carbonyl (C=O) groups excluding carboxylic acids is 2. The lowest BCUT2D eigenvalue weighted by Crippen LogP contribution is -2.20. The summed E-state index contributed by atoms with van der Waals surface area (Å²) >= 11 is 0. The summed E-state index contributed by atoms with van der Waals surface area (Å²) in [5.74, 6) is 1.06. The molecule has 1 aromatic heterocycles. The third-order valence-corrected chi connectivity index (χ3v) is 3.30. The van der Waals surface area contributed by atoms with Gasteiger partial charge in [-0.1, -0.05) is 6.07 Å². The van der Waals surface area contributed by atoms with Crippen LogP contribution >= 0.6 is 0 Å². The van der Waals surface area contributed by atoms with Crippen molar-refractivity contribution in [2.24, 2.45) is 0 Å². The number of benzene rings is 1. The van der Waals surface area contributed by atoms with Crippen LogP contribution in [0.3, 0.4) is 0 Å². The summed E-state index contributed by atoms with van der Waals surface area (Å²) in [6.45, 7) is 2.11. The highest BCUT2D eigenvalue weighted by Crippen LogP contribution is 2.20. The third-order valence-electron chi connectivity index (χ3n) is 3.30. The van der Waals surface area contributed by atoms with Gasteiger partial charge in [-0.3, -0.25) is 4.79 Å². The molecule has 0 saturated carbocycles. The van der Waals surface area contributed by atoms with Crippen LogP contribution in [-0.2, 0) is 16.1 Å². The highest BCUT2D eigenvalue weighted by molar-refractivity contribution is 5.93. The van der Waals surface area contributed by atoms with E-state index in [-0.39, 0.29) is 12.5 Å². The molecule has 0 radical (unpaired) electrons. The Bertz CT molecular complexity index is 761. The summed E-state index contributed by atoms with van der Waals surface area (Å²) in [5, 5.41) is 2.74. The minimum absolute atomic E-state index is 0.264. The van der Waals surface area contributed by atoms with E-state index in [4.69, 9.17) is 13.9 Å². The maximum Gasteiger partial charge on any atom is 0.341 e. The van der Waals surface area contributed by atoms with Gasteiger partial charge in [0.25, 0.3) is 0 Å². The van der Waals surface area contributed by atoms with Gasteiger partial charge in [-0.2, -0.15) is 0 Å². The maximum atomic E-state index is 11.8. The zero-order valence-electron chi connectivity index (χ0n) is 13.8. The Hall–Kier alpha value is -3.02. The Labute approximate surface area is 140 Å². The molecular weight excluding hydrogens is 310 g/mol. The summed E-state index contributed by atoms with van der Waals surface area (Å²) in [6, 6.07) is 8.67. The van der Waals surface area contributed by atoms with Crippen LogP contribution in [0.15, 0.2) is 40.8 Å². The Morgan fingerprint density at radius 1 is 1.21 bits per heavy atom. The number of methoxy groups -OCH3 is 2. The zero-order chi connectivity index (χ0) is 17.5. The zero-order valence-corrected chi connectivity index (χ0v) is 13.8. The Balaban J connectivity index is 1.99. The summed E-state index contributed by atoms with van der Waals surface area (Å²) in [4.78, 5) is 23.6. The number of ether oxygens (including phenoxy) is 2. The summed E-state index contributed by atoms with van der Waals surface area (Å²) in [6.07, 6.45) is 2.99. The normalized spacial score (nSPS) is 10.6. The highest BCUT2D eigenvalue weighted by atomic mass is 16.5. The van der Waals surface area contributed by atoms with Crippen LogP contribution in [0.2, 0.25) is 0 Å². The van der Waals surface area contributed by atoms with Crippen molar-refractivity contribution >= 4 is 18.0 Å². The van der Waals surface area contributed by atoms with Crippen molar-refractivity contribution in [2.45, 2.75) is 13.5 Å². The second-order valence-electron chi connectivity index (χ2n) is 5.03. The van der Waals surface area contributed by atoms with Gasteiger partial charge >= 0.3 is 5.97 Å². The number of hydrogen-bond acceptors (Lipinski definition) is 5. The van der Waals surface area contributed by atoms with Gasteiger partial charge in [-0.05, 0) is 42.8 Å². The molecule has 1 aromatic carbocycles. The fourth-order valence-corrected chi connectivity index (χ4v) is 2.08. The summed E-state index contributed by atoms with van der Waals surface area (Å²) in [5.41, 5.74) is 1.07. The van der Waals surface area contributed by atoms with Crippen molar-refractivity contribution < 1.29 is 23.5 Å². The van der Waals surface area contributed by atoms with Crippen LogP contribution in [-0.4, -0.2) is 26.1 Å². The molecule has 1 heterocycles. The number of furan rings is 1. The molecule has 0 spiro atoms. The largest absolute Gasteiger partial charge is 0.496 e. The molecule has 6 nitrogen and oxygen atoms in total. The Kier molecular flexibility index (Phi) is 5.78. The minimum Gasteiger partial charge on any atom is -0.496 e. The predicted molar refractivity (Wildman–Crippen MR) is 88.7 cm³/mol. The molecule has 0 unspecified atom stereocenters. The van der Waals surface area contributed by atoms with Crippen molar-refractivity contribution in [3.8, 4) is 5.75 Å². The third kappa shape index (κ3) is 4.49. The molecule has 0 aliphatic carbocycles. The van der Waals surface area contributed by atoms with Crippen molar-refractivity contribution in [1.82, 2.24) is 5.32 Å². The molecule has 1 amide bonds. The van der Waals surface area contributed by atoms with E-state index in [1.54, 1.807) is 30.3 Å². The standard InChI is InChI=1S/C18H19NO5/c1-12-4-6-14(24-12)7-9-17(20)19-11-13-5-8-16(22-2)15(10-13)18(21)23-3/h4-10H,11H2,1-3H3,(H,19,20)/b9-7+. The number of rotatable bonds is 6. The first-order valence-electron chi connectivity index (χ1n) is 7.31. The smallest absolute Gasteiger partial charge is 0.341 e. The van der Waals surface area contributed by atoms with Crippen LogP contribution in [0, 0.1) is 6.92 Å². The molecule has 0 aliphatic rings. The van der Waals surface area contributed by atoms with Crippen molar-refractivity contribution in [3.63, 3.8) is 0 Å². The molecule has 6 heteroatoms. The molecule has 0 fully saturated rings. The van der Waals surface area contributed by atoms with Crippen LogP contribution in [0.1, 0.15) is 27.4 Å². The lowest BCUT2D eigenvalue weighted by atomic mass is 10.1. The summed E-state index contributed by atoms with van der Waals surface area (Å²) in [7, 11) is 2.78. The number of nitrogens with one attached hydrogen (secondary N) is 1.